The van der Waals surface area contributed by atoms with Gasteiger partial charge >= 0.3 is 6.03 Å². The number of nitrogens with one attached hydrogen (secondary N) is 2. The van der Waals surface area contributed by atoms with Crippen molar-refractivity contribution in [3.8, 4) is 5.75 Å². The van der Waals surface area contributed by atoms with Gasteiger partial charge in [-0.25, -0.2) is 4.79 Å². The lowest BCUT2D eigenvalue weighted by Crippen LogP contribution is -2.43. The average molecular weight is 335 g/mol. The molecule has 0 saturated carbocycles. The molecular formula is C18H29N3O3. The van der Waals surface area contributed by atoms with E-state index in [9.17, 15) is 4.79 Å². The summed E-state index contributed by atoms with van der Waals surface area (Å²) in [7, 11) is 1.66. The molecule has 1 heterocycles. The lowest BCUT2D eigenvalue weighted by atomic mass is 10.1. The third-order valence-electron chi connectivity index (χ3n) is 4.46. The van der Waals surface area contributed by atoms with Crippen LogP contribution in [0.15, 0.2) is 24.3 Å². The maximum absolute atomic E-state index is 12.0. The van der Waals surface area contributed by atoms with Gasteiger partial charge in [-0.3, -0.25) is 4.90 Å². The molecule has 1 saturated heterocycles. The molecule has 6 heteroatoms. The Kier molecular flexibility index (Phi) is 7.34. The zero-order valence-electron chi connectivity index (χ0n) is 14.6. The summed E-state index contributed by atoms with van der Waals surface area (Å²) >= 11 is 0. The van der Waals surface area contributed by atoms with Crippen LogP contribution in [-0.4, -0.2) is 55.9 Å². The van der Waals surface area contributed by atoms with Gasteiger partial charge in [0.15, 0.2) is 0 Å². The minimum Gasteiger partial charge on any atom is -0.497 e. The van der Waals surface area contributed by atoms with E-state index in [2.05, 4.69) is 27.7 Å². The quantitative estimate of drug-likeness (QED) is 0.677. The maximum atomic E-state index is 12.0. The van der Waals surface area contributed by atoms with Crippen molar-refractivity contribution in [1.82, 2.24) is 15.5 Å². The molecule has 2 amide bonds. The number of aliphatic hydroxyl groups is 1. The molecule has 0 spiro atoms. The fourth-order valence-electron chi connectivity index (χ4n) is 2.92. The van der Waals surface area contributed by atoms with Crippen LogP contribution in [0.1, 0.15) is 31.4 Å². The first-order valence-corrected chi connectivity index (χ1v) is 8.64. The van der Waals surface area contributed by atoms with E-state index in [0.29, 0.717) is 13.1 Å². The Hall–Kier alpha value is -1.79. The molecule has 0 aromatic heterocycles. The number of rotatable bonds is 8. The van der Waals surface area contributed by atoms with Gasteiger partial charge in [0.25, 0.3) is 0 Å². The van der Waals surface area contributed by atoms with E-state index < -0.39 is 0 Å². The highest BCUT2D eigenvalue weighted by Crippen LogP contribution is 2.26. The zero-order valence-corrected chi connectivity index (χ0v) is 14.6. The molecule has 2 rings (SSSR count). The molecule has 1 aromatic carbocycles. The fourth-order valence-corrected chi connectivity index (χ4v) is 2.92. The number of likely N-dealkylation sites (tertiary alicyclic amines) is 1. The van der Waals surface area contributed by atoms with Gasteiger partial charge in [0.2, 0.25) is 0 Å². The van der Waals surface area contributed by atoms with Gasteiger partial charge in [0, 0.05) is 19.7 Å². The predicted molar refractivity (Wildman–Crippen MR) is 94.2 cm³/mol. The molecule has 1 aliphatic heterocycles. The van der Waals surface area contributed by atoms with Gasteiger partial charge in [0.05, 0.1) is 13.2 Å². The molecule has 6 nitrogen and oxygen atoms in total. The summed E-state index contributed by atoms with van der Waals surface area (Å²) in [4.78, 5) is 14.4. The van der Waals surface area contributed by atoms with E-state index in [4.69, 9.17) is 9.84 Å². The Morgan fingerprint density at radius 2 is 1.83 bits per heavy atom. The van der Waals surface area contributed by atoms with Crippen molar-refractivity contribution >= 4 is 6.03 Å². The third-order valence-corrected chi connectivity index (χ3v) is 4.46. The summed E-state index contributed by atoms with van der Waals surface area (Å²) in [6.07, 6.45) is 2.40. The number of ether oxygens (including phenoxy) is 1. The number of carbonyl (C=O) groups excluding carboxylic acids is 1. The second-order valence-electron chi connectivity index (χ2n) is 6.41. The van der Waals surface area contributed by atoms with Crippen LogP contribution < -0.4 is 15.4 Å². The molecule has 1 aliphatic rings. The predicted octanol–water partition coefficient (Wildman–Crippen LogP) is 1.76. The van der Waals surface area contributed by atoms with Crippen molar-refractivity contribution in [2.24, 2.45) is 5.92 Å². The molecule has 1 fully saturated rings. The van der Waals surface area contributed by atoms with Gasteiger partial charge in [-0.2, -0.15) is 0 Å². The Morgan fingerprint density at radius 1 is 1.21 bits per heavy atom. The molecule has 1 aromatic rings. The van der Waals surface area contributed by atoms with Gasteiger partial charge in [-0.15, -0.1) is 0 Å². The Balaban J connectivity index is 1.94. The fraction of sp³-hybridized carbons (Fsp3) is 0.611. The average Bonchev–Trinajstić information content (AvgIpc) is 3.14. The summed E-state index contributed by atoms with van der Waals surface area (Å²) in [5.41, 5.74) is 1.18. The Labute approximate surface area is 144 Å². The second kappa shape index (κ2) is 9.49. The van der Waals surface area contributed by atoms with Crippen molar-refractivity contribution in [3.05, 3.63) is 29.8 Å². The van der Waals surface area contributed by atoms with E-state index in [-0.39, 0.29) is 24.6 Å². The van der Waals surface area contributed by atoms with Gasteiger partial charge in [-0.1, -0.05) is 19.1 Å². The third kappa shape index (κ3) is 5.39. The molecule has 2 atom stereocenters. The largest absolute Gasteiger partial charge is 0.497 e. The van der Waals surface area contributed by atoms with Crippen molar-refractivity contribution in [1.29, 1.82) is 0 Å². The molecule has 2 unspecified atom stereocenters. The van der Waals surface area contributed by atoms with Crippen LogP contribution in [0.4, 0.5) is 4.79 Å². The summed E-state index contributed by atoms with van der Waals surface area (Å²) in [6.45, 7) is 5.11. The first-order valence-electron chi connectivity index (χ1n) is 8.64. The topological polar surface area (TPSA) is 73.8 Å². The van der Waals surface area contributed by atoms with Crippen LogP contribution in [0.25, 0.3) is 0 Å². The smallest absolute Gasteiger partial charge is 0.314 e. The first-order chi connectivity index (χ1) is 11.6. The van der Waals surface area contributed by atoms with Gasteiger partial charge in [0.1, 0.15) is 5.75 Å². The first kappa shape index (κ1) is 18.5. The monoisotopic (exact) mass is 335 g/mol. The van der Waals surface area contributed by atoms with E-state index in [1.807, 2.05) is 19.1 Å². The maximum Gasteiger partial charge on any atom is 0.314 e. The lowest BCUT2D eigenvalue weighted by molar-refractivity contribution is 0.212. The number of aliphatic hydroxyl groups excluding tert-OH is 1. The van der Waals surface area contributed by atoms with Crippen molar-refractivity contribution < 1.29 is 14.6 Å². The lowest BCUT2D eigenvalue weighted by Gasteiger charge is -2.28. The van der Waals surface area contributed by atoms with Gasteiger partial charge < -0.3 is 20.5 Å². The van der Waals surface area contributed by atoms with Crippen LogP contribution in [0.2, 0.25) is 0 Å². The number of urea groups is 1. The number of methoxy groups -OCH3 is 1. The molecule has 134 valence electrons. The highest BCUT2D eigenvalue weighted by molar-refractivity contribution is 5.73. The summed E-state index contributed by atoms with van der Waals surface area (Å²) in [5.74, 6) is 0.898. The number of nitrogens with zero attached hydrogens (tertiary/aromatic N) is 1. The number of hydrogen-bond acceptors (Lipinski definition) is 4. The standard InChI is InChI=1S/C18H29N3O3/c1-14(13-22)11-19-18(23)20-12-17(21-9-3-4-10-21)15-5-7-16(24-2)8-6-15/h5-8,14,17,22H,3-4,9-13H2,1-2H3,(H2,19,20,23). The molecule has 0 bridgehead atoms. The Morgan fingerprint density at radius 3 is 2.42 bits per heavy atom. The van der Waals surface area contributed by atoms with Crippen LogP contribution in [-0.2, 0) is 0 Å². The zero-order chi connectivity index (χ0) is 17.4. The van der Waals surface area contributed by atoms with E-state index in [1.165, 1.54) is 18.4 Å². The van der Waals surface area contributed by atoms with Crippen molar-refractivity contribution in [3.63, 3.8) is 0 Å². The molecule has 0 aliphatic carbocycles. The highest BCUT2D eigenvalue weighted by atomic mass is 16.5. The molecule has 0 radical (unpaired) electrons. The SMILES string of the molecule is COc1ccc(C(CNC(=O)NCC(C)CO)N2CCCC2)cc1. The van der Waals surface area contributed by atoms with Crippen LogP contribution >= 0.6 is 0 Å². The van der Waals surface area contributed by atoms with Gasteiger partial charge in [-0.05, 0) is 49.5 Å². The number of hydrogen-bond donors (Lipinski definition) is 3. The minimum atomic E-state index is -0.187. The molecule has 24 heavy (non-hydrogen) atoms. The number of amides is 2. The summed E-state index contributed by atoms with van der Waals surface area (Å²) < 4.78 is 5.22. The van der Waals surface area contributed by atoms with Crippen molar-refractivity contribution in [2.45, 2.75) is 25.8 Å². The Bertz CT molecular complexity index is 501. The molecule has 3 N–H and O–H groups in total. The van der Waals surface area contributed by atoms with Crippen LogP contribution in [0.5, 0.6) is 5.75 Å². The number of benzene rings is 1. The molecular weight excluding hydrogens is 306 g/mol. The van der Waals surface area contributed by atoms with Crippen molar-refractivity contribution in [2.75, 3.05) is 39.9 Å². The van der Waals surface area contributed by atoms with Crippen LogP contribution in [0.3, 0.4) is 0 Å². The number of carbonyl (C=O) groups is 1. The summed E-state index contributed by atoms with van der Waals surface area (Å²) in [6, 6.07) is 8.03. The highest BCUT2D eigenvalue weighted by Gasteiger charge is 2.24. The van der Waals surface area contributed by atoms with E-state index >= 15 is 0 Å². The van der Waals surface area contributed by atoms with E-state index in [0.717, 1.165) is 18.8 Å². The normalized spacial score (nSPS) is 17.3. The summed E-state index contributed by atoms with van der Waals surface area (Å²) in [5, 5.41) is 14.8. The second-order valence-corrected chi connectivity index (χ2v) is 6.41. The minimum absolute atomic E-state index is 0.0618. The van der Waals surface area contributed by atoms with E-state index in [1.54, 1.807) is 7.11 Å². The van der Waals surface area contributed by atoms with Crippen LogP contribution in [0, 0.1) is 5.92 Å².